The van der Waals surface area contributed by atoms with Crippen LogP contribution in [0.2, 0.25) is 0 Å². The van der Waals surface area contributed by atoms with E-state index in [0.717, 1.165) is 0 Å². The first kappa shape index (κ1) is 15.5. The maximum absolute atomic E-state index is 12.1. The van der Waals surface area contributed by atoms with E-state index in [0.29, 0.717) is 16.6 Å². The molecule has 0 aliphatic heterocycles. The molecule has 0 amide bonds. The number of non-ortho nitro benzene ring substituents is 1. The lowest BCUT2D eigenvalue weighted by atomic mass is 10.1. The summed E-state index contributed by atoms with van der Waals surface area (Å²) >= 11 is 0. The normalized spacial score (nSPS) is 10.7. The summed E-state index contributed by atoms with van der Waals surface area (Å²) < 4.78 is 11.1. The number of ether oxygens (including phenoxy) is 1. The number of oxazole rings is 1. The van der Waals surface area contributed by atoms with E-state index in [1.165, 1.54) is 29.9 Å². The summed E-state index contributed by atoms with van der Waals surface area (Å²) in [5.74, 6) is -1.17. The van der Waals surface area contributed by atoms with Gasteiger partial charge in [-0.15, -0.1) is 0 Å². The van der Waals surface area contributed by atoms with Crippen LogP contribution in [0.15, 0.2) is 51.7 Å². The summed E-state index contributed by atoms with van der Waals surface area (Å²) in [6.07, 6.45) is 0. The van der Waals surface area contributed by atoms with Crippen molar-refractivity contribution in [1.82, 2.24) is 4.57 Å². The standard InChI is InChI=1S/C16H12N2O6/c1-23-15(19)12-5-3-2-4-10(12)9-17-13-7-6-11(18(21)22)8-14(13)24-16(17)20/h2-8H,9H2,1H3. The number of hydrogen-bond acceptors (Lipinski definition) is 6. The number of esters is 1. The molecule has 0 fully saturated rings. The number of rotatable bonds is 4. The van der Waals surface area contributed by atoms with E-state index in [9.17, 15) is 19.7 Å². The Labute approximate surface area is 135 Å². The fraction of sp³-hybridized carbons (Fsp3) is 0.125. The van der Waals surface area contributed by atoms with Gasteiger partial charge in [0.05, 0.1) is 35.7 Å². The molecule has 122 valence electrons. The molecule has 0 bridgehead atoms. The van der Waals surface area contributed by atoms with Crippen LogP contribution in [0.1, 0.15) is 15.9 Å². The molecule has 0 radical (unpaired) electrons. The Morgan fingerprint density at radius 3 is 2.75 bits per heavy atom. The van der Waals surface area contributed by atoms with E-state index in [4.69, 9.17) is 9.15 Å². The molecule has 2 aromatic carbocycles. The average molecular weight is 328 g/mol. The van der Waals surface area contributed by atoms with Gasteiger partial charge in [0, 0.05) is 6.07 Å². The van der Waals surface area contributed by atoms with Crippen LogP contribution >= 0.6 is 0 Å². The van der Waals surface area contributed by atoms with Crippen molar-refractivity contribution in [2.24, 2.45) is 0 Å². The molecule has 0 spiro atoms. The van der Waals surface area contributed by atoms with Gasteiger partial charge in [-0.05, 0) is 17.7 Å². The van der Waals surface area contributed by atoms with Gasteiger partial charge in [-0.2, -0.15) is 0 Å². The highest BCUT2D eigenvalue weighted by molar-refractivity contribution is 5.91. The SMILES string of the molecule is COC(=O)c1ccccc1Cn1c(=O)oc2cc([N+](=O)[O-])ccc21. The third-order valence-electron chi connectivity index (χ3n) is 3.61. The molecule has 0 atom stereocenters. The van der Waals surface area contributed by atoms with Crippen LogP contribution in [-0.4, -0.2) is 22.6 Å². The second-order valence-electron chi connectivity index (χ2n) is 5.01. The molecule has 0 unspecified atom stereocenters. The minimum absolute atomic E-state index is 0.0783. The summed E-state index contributed by atoms with van der Waals surface area (Å²) in [6, 6.07) is 10.6. The van der Waals surface area contributed by atoms with Crippen LogP contribution in [0.5, 0.6) is 0 Å². The molecule has 1 aromatic heterocycles. The van der Waals surface area contributed by atoms with Gasteiger partial charge < -0.3 is 9.15 Å². The number of benzene rings is 2. The molecule has 0 saturated heterocycles. The highest BCUT2D eigenvalue weighted by Crippen LogP contribution is 2.21. The summed E-state index contributed by atoms with van der Waals surface area (Å²) in [4.78, 5) is 34.1. The average Bonchev–Trinajstić information content (AvgIpc) is 2.89. The van der Waals surface area contributed by atoms with Crippen LogP contribution in [0, 0.1) is 10.1 Å². The summed E-state index contributed by atoms with van der Waals surface area (Å²) in [7, 11) is 1.28. The van der Waals surface area contributed by atoms with Crippen LogP contribution in [-0.2, 0) is 11.3 Å². The lowest BCUT2D eigenvalue weighted by Crippen LogP contribution is -2.17. The number of methoxy groups -OCH3 is 1. The largest absolute Gasteiger partial charge is 0.465 e. The number of carbonyl (C=O) groups excluding carboxylic acids is 1. The molecule has 24 heavy (non-hydrogen) atoms. The van der Waals surface area contributed by atoms with Gasteiger partial charge in [-0.3, -0.25) is 14.7 Å². The van der Waals surface area contributed by atoms with Crippen molar-refractivity contribution in [3.8, 4) is 0 Å². The highest BCUT2D eigenvalue weighted by Gasteiger charge is 2.17. The quantitative estimate of drug-likeness (QED) is 0.413. The fourth-order valence-electron chi connectivity index (χ4n) is 2.46. The lowest BCUT2D eigenvalue weighted by molar-refractivity contribution is -0.384. The van der Waals surface area contributed by atoms with Crippen molar-refractivity contribution in [2.75, 3.05) is 7.11 Å². The van der Waals surface area contributed by atoms with Gasteiger partial charge in [0.25, 0.3) is 5.69 Å². The molecule has 0 saturated carbocycles. The Bertz CT molecular complexity index is 1000. The van der Waals surface area contributed by atoms with Gasteiger partial charge in [0.15, 0.2) is 5.58 Å². The summed E-state index contributed by atoms with van der Waals surface area (Å²) in [5.41, 5.74) is 1.27. The molecule has 8 nitrogen and oxygen atoms in total. The first-order valence-electron chi connectivity index (χ1n) is 6.95. The Balaban J connectivity index is 2.09. The molecular formula is C16H12N2O6. The van der Waals surface area contributed by atoms with Gasteiger partial charge in [0.1, 0.15) is 0 Å². The van der Waals surface area contributed by atoms with E-state index in [1.807, 2.05) is 0 Å². The maximum atomic E-state index is 12.1. The second kappa shape index (κ2) is 5.99. The van der Waals surface area contributed by atoms with E-state index in [-0.39, 0.29) is 17.8 Å². The topological polar surface area (TPSA) is 105 Å². The Morgan fingerprint density at radius 1 is 1.29 bits per heavy atom. The molecule has 0 aliphatic carbocycles. The van der Waals surface area contributed by atoms with Gasteiger partial charge in [-0.25, -0.2) is 9.59 Å². The molecule has 0 N–H and O–H groups in total. The van der Waals surface area contributed by atoms with Crippen molar-refractivity contribution < 1.29 is 18.9 Å². The van der Waals surface area contributed by atoms with Gasteiger partial charge in [-0.1, -0.05) is 18.2 Å². The molecule has 3 aromatic rings. The number of nitro benzene ring substituents is 1. The van der Waals surface area contributed by atoms with Gasteiger partial charge >= 0.3 is 11.7 Å². The number of carbonyl (C=O) groups is 1. The summed E-state index contributed by atoms with van der Waals surface area (Å²) in [6.45, 7) is 0.0783. The first-order chi connectivity index (χ1) is 11.5. The molecule has 3 rings (SSSR count). The maximum Gasteiger partial charge on any atom is 0.420 e. The van der Waals surface area contributed by atoms with E-state index in [2.05, 4.69) is 0 Å². The molecular weight excluding hydrogens is 316 g/mol. The Kier molecular flexibility index (Phi) is 3.87. The van der Waals surface area contributed by atoms with Gasteiger partial charge in [0.2, 0.25) is 0 Å². The number of nitrogens with zero attached hydrogens (tertiary/aromatic N) is 2. The fourth-order valence-corrected chi connectivity index (χ4v) is 2.46. The van der Waals surface area contributed by atoms with E-state index in [1.54, 1.807) is 24.3 Å². The van der Waals surface area contributed by atoms with Crippen LogP contribution < -0.4 is 5.76 Å². The molecule has 0 aliphatic rings. The number of nitro groups is 1. The van der Waals surface area contributed by atoms with Crippen molar-refractivity contribution in [2.45, 2.75) is 6.54 Å². The minimum atomic E-state index is -0.662. The van der Waals surface area contributed by atoms with E-state index >= 15 is 0 Å². The first-order valence-corrected chi connectivity index (χ1v) is 6.95. The van der Waals surface area contributed by atoms with Crippen LogP contribution in [0.4, 0.5) is 5.69 Å². The highest BCUT2D eigenvalue weighted by atomic mass is 16.6. The predicted molar refractivity (Wildman–Crippen MR) is 84.0 cm³/mol. The number of aromatic nitrogens is 1. The van der Waals surface area contributed by atoms with E-state index < -0.39 is 16.6 Å². The van der Waals surface area contributed by atoms with Crippen LogP contribution in [0.3, 0.4) is 0 Å². The number of hydrogen-bond donors (Lipinski definition) is 0. The minimum Gasteiger partial charge on any atom is -0.465 e. The van der Waals surface area contributed by atoms with Crippen molar-refractivity contribution in [3.63, 3.8) is 0 Å². The Morgan fingerprint density at radius 2 is 2.04 bits per heavy atom. The summed E-state index contributed by atoms with van der Waals surface area (Å²) in [5, 5.41) is 10.8. The second-order valence-corrected chi connectivity index (χ2v) is 5.01. The smallest absolute Gasteiger partial charge is 0.420 e. The third-order valence-corrected chi connectivity index (χ3v) is 3.61. The number of fused-ring (bicyclic) bond motifs is 1. The third kappa shape index (κ3) is 2.65. The van der Waals surface area contributed by atoms with Crippen LogP contribution in [0.25, 0.3) is 11.1 Å². The Hall–Kier alpha value is -3.42. The predicted octanol–water partition coefficient (Wildman–Crippen LogP) is 2.34. The van der Waals surface area contributed by atoms with Crippen molar-refractivity contribution in [3.05, 3.63) is 74.3 Å². The lowest BCUT2D eigenvalue weighted by Gasteiger charge is -2.08. The molecule has 1 heterocycles. The van der Waals surface area contributed by atoms with Crippen molar-refractivity contribution in [1.29, 1.82) is 0 Å². The zero-order valence-corrected chi connectivity index (χ0v) is 12.6. The molecule has 8 heteroatoms. The van der Waals surface area contributed by atoms with Crippen molar-refractivity contribution >= 4 is 22.8 Å². The zero-order chi connectivity index (χ0) is 17.3. The zero-order valence-electron chi connectivity index (χ0n) is 12.6. The monoisotopic (exact) mass is 328 g/mol.